The van der Waals surface area contributed by atoms with Crippen LogP contribution in [0.3, 0.4) is 0 Å². The van der Waals surface area contributed by atoms with Crippen molar-refractivity contribution < 1.29 is 4.74 Å². The van der Waals surface area contributed by atoms with Crippen LogP contribution in [0.15, 0.2) is 24.3 Å². The Morgan fingerprint density at radius 3 is 3.06 bits per heavy atom. The standard InChI is InChI=1S/C15H19NO/c16-14-4-2-1-3-11(10-14)12-5-6-15-13(9-12)7-8-17-15/h5-6,9-10,14H,1-4,7-8,16H2. The van der Waals surface area contributed by atoms with Crippen molar-refractivity contribution in [3.63, 3.8) is 0 Å². The Hall–Kier alpha value is -1.28. The molecule has 0 saturated heterocycles. The van der Waals surface area contributed by atoms with Crippen LogP contribution in [0.5, 0.6) is 5.75 Å². The van der Waals surface area contributed by atoms with Gasteiger partial charge in [-0.05, 0) is 48.1 Å². The van der Waals surface area contributed by atoms with Crippen LogP contribution in [-0.2, 0) is 6.42 Å². The van der Waals surface area contributed by atoms with Crippen molar-refractivity contribution >= 4 is 5.57 Å². The van der Waals surface area contributed by atoms with Crippen LogP contribution in [0.2, 0.25) is 0 Å². The summed E-state index contributed by atoms with van der Waals surface area (Å²) >= 11 is 0. The van der Waals surface area contributed by atoms with Gasteiger partial charge in [-0.1, -0.05) is 18.6 Å². The highest BCUT2D eigenvalue weighted by molar-refractivity contribution is 5.68. The summed E-state index contributed by atoms with van der Waals surface area (Å²) in [5.74, 6) is 1.06. The van der Waals surface area contributed by atoms with Crippen LogP contribution >= 0.6 is 0 Å². The summed E-state index contributed by atoms with van der Waals surface area (Å²) in [5, 5.41) is 0. The lowest BCUT2D eigenvalue weighted by molar-refractivity contribution is 0.357. The van der Waals surface area contributed by atoms with Crippen LogP contribution in [-0.4, -0.2) is 12.6 Å². The van der Waals surface area contributed by atoms with Crippen molar-refractivity contribution in [3.05, 3.63) is 35.4 Å². The van der Waals surface area contributed by atoms with Gasteiger partial charge in [-0.2, -0.15) is 0 Å². The smallest absolute Gasteiger partial charge is 0.122 e. The Bertz CT molecular complexity index is 450. The topological polar surface area (TPSA) is 35.2 Å². The fraction of sp³-hybridized carbons (Fsp3) is 0.467. The molecule has 3 rings (SSSR count). The van der Waals surface area contributed by atoms with Gasteiger partial charge in [0.25, 0.3) is 0 Å². The molecule has 0 radical (unpaired) electrons. The zero-order chi connectivity index (χ0) is 11.7. The predicted molar refractivity (Wildman–Crippen MR) is 70.1 cm³/mol. The van der Waals surface area contributed by atoms with Crippen molar-refractivity contribution in [3.8, 4) is 5.75 Å². The largest absolute Gasteiger partial charge is 0.493 e. The first kappa shape index (κ1) is 10.8. The molecule has 0 amide bonds. The van der Waals surface area contributed by atoms with Crippen LogP contribution in [0.1, 0.15) is 36.8 Å². The van der Waals surface area contributed by atoms with E-state index in [0.717, 1.165) is 31.6 Å². The van der Waals surface area contributed by atoms with E-state index in [1.54, 1.807) is 0 Å². The predicted octanol–water partition coefficient (Wildman–Crippen LogP) is 2.91. The van der Waals surface area contributed by atoms with E-state index in [2.05, 4.69) is 24.3 Å². The molecule has 1 aliphatic carbocycles. The summed E-state index contributed by atoms with van der Waals surface area (Å²) in [7, 11) is 0. The molecule has 0 fully saturated rings. The maximum atomic E-state index is 6.07. The Morgan fingerprint density at radius 1 is 1.18 bits per heavy atom. The fourth-order valence-electron chi connectivity index (χ4n) is 2.75. The number of allylic oxidation sites excluding steroid dienone is 1. The highest BCUT2D eigenvalue weighted by Gasteiger charge is 2.15. The Morgan fingerprint density at radius 2 is 2.12 bits per heavy atom. The zero-order valence-electron chi connectivity index (χ0n) is 10.1. The number of hydrogen-bond acceptors (Lipinski definition) is 2. The van der Waals surface area contributed by atoms with Gasteiger partial charge >= 0.3 is 0 Å². The molecule has 2 heteroatoms. The van der Waals surface area contributed by atoms with E-state index in [4.69, 9.17) is 10.5 Å². The molecular weight excluding hydrogens is 210 g/mol. The molecule has 1 unspecified atom stereocenters. The SMILES string of the molecule is NC1C=C(c2ccc3c(c2)CCO3)CCCC1. The molecule has 0 aromatic heterocycles. The molecule has 1 aromatic carbocycles. The van der Waals surface area contributed by atoms with Crippen molar-refractivity contribution in [2.45, 2.75) is 38.1 Å². The summed E-state index contributed by atoms with van der Waals surface area (Å²) in [6.45, 7) is 0.831. The summed E-state index contributed by atoms with van der Waals surface area (Å²) in [6, 6.07) is 6.80. The first-order valence-electron chi connectivity index (χ1n) is 6.55. The third kappa shape index (κ3) is 2.22. The van der Waals surface area contributed by atoms with Gasteiger partial charge in [-0.3, -0.25) is 0 Å². The first-order chi connectivity index (χ1) is 8.33. The molecule has 1 aliphatic heterocycles. The van der Waals surface area contributed by atoms with Gasteiger partial charge in [-0.25, -0.2) is 0 Å². The summed E-state index contributed by atoms with van der Waals surface area (Å²) in [4.78, 5) is 0. The van der Waals surface area contributed by atoms with E-state index < -0.39 is 0 Å². The summed E-state index contributed by atoms with van der Waals surface area (Å²) < 4.78 is 5.54. The maximum absolute atomic E-state index is 6.07. The second-order valence-corrected chi connectivity index (χ2v) is 5.02. The van der Waals surface area contributed by atoms with Gasteiger partial charge in [0.15, 0.2) is 0 Å². The van der Waals surface area contributed by atoms with E-state index in [0.29, 0.717) is 0 Å². The number of benzene rings is 1. The van der Waals surface area contributed by atoms with E-state index in [9.17, 15) is 0 Å². The number of ether oxygens (including phenoxy) is 1. The minimum Gasteiger partial charge on any atom is -0.493 e. The zero-order valence-corrected chi connectivity index (χ0v) is 10.1. The molecule has 1 atom stereocenters. The summed E-state index contributed by atoms with van der Waals surface area (Å²) in [5.41, 5.74) is 10.2. The highest BCUT2D eigenvalue weighted by Crippen LogP contribution is 2.31. The molecule has 17 heavy (non-hydrogen) atoms. The normalized spacial score (nSPS) is 23.6. The Balaban J connectivity index is 1.92. The van der Waals surface area contributed by atoms with Gasteiger partial charge < -0.3 is 10.5 Å². The number of rotatable bonds is 1. The number of fused-ring (bicyclic) bond motifs is 1. The molecule has 0 saturated carbocycles. The van der Waals surface area contributed by atoms with Crippen molar-refractivity contribution in [1.29, 1.82) is 0 Å². The van der Waals surface area contributed by atoms with Gasteiger partial charge in [0.2, 0.25) is 0 Å². The lowest BCUT2D eigenvalue weighted by Gasteiger charge is -2.08. The van der Waals surface area contributed by atoms with Gasteiger partial charge in [0.05, 0.1) is 6.61 Å². The average molecular weight is 229 g/mol. The highest BCUT2D eigenvalue weighted by atomic mass is 16.5. The lowest BCUT2D eigenvalue weighted by atomic mass is 9.98. The molecule has 0 spiro atoms. The van der Waals surface area contributed by atoms with Crippen LogP contribution in [0.4, 0.5) is 0 Å². The second kappa shape index (κ2) is 4.53. The first-order valence-corrected chi connectivity index (χ1v) is 6.55. The molecule has 1 aromatic rings. The lowest BCUT2D eigenvalue weighted by Crippen LogP contribution is -2.15. The van der Waals surface area contributed by atoms with Crippen LogP contribution < -0.4 is 10.5 Å². The van der Waals surface area contributed by atoms with Crippen LogP contribution in [0.25, 0.3) is 5.57 Å². The van der Waals surface area contributed by atoms with Crippen LogP contribution in [0, 0.1) is 0 Å². The van der Waals surface area contributed by atoms with Gasteiger partial charge in [0.1, 0.15) is 5.75 Å². The van der Waals surface area contributed by atoms with Gasteiger partial charge in [0, 0.05) is 12.5 Å². The molecule has 90 valence electrons. The quantitative estimate of drug-likeness (QED) is 0.803. The number of nitrogens with two attached hydrogens (primary N) is 1. The second-order valence-electron chi connectivity index (χ2n) is 5.02. The third-order valence-electron chi connectivity index (χ3n) is 3.71. The molecule has 2 N–H and O–H groups in total. The molecule has 2 nitrogen and oxygen atoms in total. The van der Waals surface area contributed by atoms with E-state index in [-0.39, 0.29) is 6.04 Å². The molecule has 2 aliphatic rings. The van der Waals surface area contributed by atoms with Crippen molar-refractivity contribution in [1.82, 2.24) is 0 Å². The Labute approximate surface area is 102 Å². The van der Waals surface area contributed by atoms with Crippen molar-refractivity contribution in [2.24, 2.45) is 5.73 Å². The minimum atomic E-state index is 0.233. The molecule has 0 bridgehead atoms. The molecular formula is C15H19NO. The minimum absolute atomic E-state index is 0.233. The summed E-state index contributed by atoms with van der Waals surface area (Å²) in [6.07, 6.45) is 8.08. The monoisotopic (exact) mass is 229 g/mol. The maximum Gasteiger partial charge on any atom is 0.122 e. The van der Waals surface area contributed by atoms with Gasteiger partial charge in [-0.15, -0.1) is 0 Å². The third-order valence-corrected chi connectivity index (χ3v) is 3.71. The average Bonchev–Trinajstić information content (AvgIpc) is 2.69. The van der Waals surface area contributed by atoms with Crippen molar-refractivity contribution in [2.75, 3.05) is 6.61 Å². The van der Waals surface area contributed by atoms with E-state index >= 15 is 0 Å². The van der Waals surface area contributed by atoms with E-state index in [1.165, 1.54) is 29.5 Å². The fourth-order valence-corrected chi connectivity index (χ4v) is 2.75. The molecule has 1 heterocycles. The van der Waals surface area contributed by atoms with E-state index in [1.807, 2.05) is 0 Å². The number of hydrogen-bond donors (Lipinski definition) is 1. The Kier molecular flexibility index (Phi) is 2.89.